The van der Waals surface area contributed by atoms with E-state index in [1.165, 1.54) is 35.9 Å². The summed E-state index contributed by atoms with van der Waals surface area (Å²) in [5.74, 6) is -2.22. The second kappa shape index (κ2) is 6.56. The molecule has 0 unspecified atom stereocenters. The molecule has 0 atom stereocenters. The first-order valence-corrected chi connectivity index (χ1v) is 9.60. The second-order valence-electron chi connectivity index (χ2n) is 7.52. The third kappa shape index (κ3) is 2.61. The number of ketones is 2. The van der Waals surface area contributed by atoms with Gasteiger partial charge in [-0.3, -0.25) is 14.4 Å². The van der Waals surface area contributed by atoms with Gasteiger partial charge in [0.2, 0.25) is 5.78 Å². The number of hydrogen-bond donors (Lipinski definition) is 2. The third-order valence-corrected chi connectivity index (χ3v) is 5.77. The van der Waals surface area contributed by atoms with E-state index in [4.69, 9.17) is 0 Å². The van der Waals surface area contributed by atoms with Gasteiger partial charge in [0.1, 0.15) is 11.5 Å². The highest BCUT2D eigenvalue weighted by molar-refractivity contribution is 6.30. The first-order valence-electron chi connectivity index (χ1n) is 9.60. The van der Waals surface area contributed by atoms with E-state index in [0.717, 1.165) is 12.0 Å². The number of rotatable bonds is 1. The zero-order valence-corrected chi connectivity index (χ0v) is 15.9. The molecule has 5 rings (SSSR count). The zero-order valence-electron chi connectivity index (χ0n) is 15.9. The molecule has 0 fully saturated rings. The van der Waals surface area contributed by atoms with Gasteiger partial charge in [-0.1, -0.05) is 36.4 Å². The van der Waals surface area contributed by atoms with Gasteiger partial charge in [-0.05, 0) is 35.7 Å². The number of hydrogen-bond acceptors (Lipinski definition) is 5. The number of benzene rings is 3. The van der Waals surface area contributed by atoms with Crippen LogP contribution in [-0.4, -0.2) is 39.1 Å². The number of carbonyl (C=O) groups is 3. The predicted octanol–water partition coefficient (Wildman–Crippen LogP) is 3.07. The van der Waals surface area contributed by atoms with Gasteiger partial charge in [0, 0.05) is 29.8 Å². The number of phenols is 2. The highest BCUT2D eigenvalue weighted by Crippen LogP contribution is 2.37. The van der Waals surface area contributed by atoms with Crippen molar-refractivity contribution in [2.75, 3.05) is 6.54 Å². The Labute approximate surface area is 172 Å². The quantitative estimate of drug-likeness (QED) is 0.513. The normalized spacial score (nSPS) is 14.7. The fourth-order valence-electron chi connectivity index (χ4n) is 4.26. The molecule has 3 aromatic rings. The van der Waals surface area contributed by atoms with Crippen molar-refractivity contribution in [3.63, 3.8) is 0 Å². The smallest absolute Gasteiger partial charge is 0.254 e. The van der Waals surface area contributed by atoms with Crippen LogP contribution in [0.15, 0.2) is 54.6 Å². The number of phenolic OH excluding ortho intramolecular Hbond substituents is 2. The summed E-state index contributed by atoms with van der Waals surface area (Å²) >= 11 is 0. The SMILES string of the molecule is O=C1c2cccc(O)c2C(=O)c2c(O)cc(C(=O)N3CCc4ccccc4C3)cc21. The number of nitrogens with zero attached hydrogens (tertiary/aromatic N) is 1. The van der Waals surface area contributed by atoms with Crippen LogP contribution in [0, 0.1) is 0 Å². The summed E-state index contributed by atoms with van der Waals surface area (Å²) in [5.41, 5.74) is 2.13. The maximum Gasteiger partial charge on any atom is 0.254 e. The molecule has 6 heteroatoms. The van der Waals surface area contributed by atoms with Gasteiger partial charge in [-0.2, -0.15) is 0 Å². The predicted molar refractivity (Wildman–Crippen MR) is 108 cm³/mol. The number of fused-ring (bicyclic) bond motifs is 3. The lowest BCUT2D eigenvalue weighted by atomic mass is 9.82. The molecular formula is C24H17NO5. The average Bonchev–Trinajstić information content (AvgIpc) is 2.76. The van der Waals surface area contributed by atoms with Crippen molar-refractivity contribution >= 4 is 17.5 Å². The summed E-state index contributed by atoms with van der Waals surface area (Å²) in [7, 11) is 0. The molecule has 0 bridgehead atoms. The minimum atomic E-state index is -0.638. The summed E-state index contributed by atoms with van der Waals surface area (Å²) in [5, 5.41) is 20.6. The Bertz CT molecular complexity index is 1260. The second-order valence-corrected chi connectivity index (χ2v) is 7.52. The van der Waals surface area contributed by atoms with Crippen molar-refractivity contribution in [2.24, 2.45) is 0 Å². The number of aromatic hydroxyl groups is 2. The fourth-order valence-corrected chi connectivity index (χ4v) is 4.26. The van der Waals surface area contributed by atoms with Crippen molar-refractivity contribution in [1.29, 1.82) is 0 Å². The highest BCUT2D eigenvalue weighted by atomic mass is 16.3. The van der Waals surface area contributed by atoms with Crippen LogP contribution in [0.4, 0.5) is 0 Å². The standard InChI is InChI=1S/C24H17NO5/c26-18-7-3-6-16-20(18)23(29)21-17(22(16)28)10-15(11-19(21)27)24(30)25-9-8-13-4-1-2-5-14(13)12-25/h1-7,10-11,26-27H,8-9,12H2. The molecule has 2 aliphatic rings. The molecule has 1 heterocycles. The number of carbonyl (C=O) groups excluding carboxylic acids is 3. The van der Waals surface area contributed by atoms with Crippen LogP contribution in [0.2, 0.25) is 0 Å². The van der Waals surface area contributed by atoms with E-state index in [1.54, 1.807) is 4.90 Å². The van der Waals surface area contributed by atoms with Gasteiger partial charge in [0.25, 0.3) is 5.91 Å². The Hall–Kier alpha value is -3.93. The van der Waals surface area contributed by atoms with Crippen LogP contribution in [0.5, 0.6) is 11.5 Å². The molecule has 0 saturated carbocycles. The molecule has 1 amide bonds. The summed E-state index contributed by atoms with van der Waals surface area (Å²) in [6.45, 7) is 0.966. The summed E-state index contributed by atoms with van der Waals surface area (Å²) < 4.78 is 0. The lowest BCUT2D eigenvalue weighted by Gasteiger charge is -2.29. The van der Waals surface area contributed by atoms with E-state index in [9.17, 15) is 24.6 Å². The largest absolute Gasteiger partial charge is 0.507 e. The summed E-state index contributed by atoms with van der Waals surface area (Å²) in [6, 6.07) is 14.7. The molecule has 148 valence electrons. The van der Waals surface area contributed by atoms with E-state index < -0.39 is 17.3 Å². The van der Waals surface area contributed by atoms with E-state index in [-0.39, 0.29) is 39.5 Å². The molecule has 0 saturated heterocycles. The number of amides is 1. The minimum Gasteiger partial charge on any atom is -0.507 e. The topological polar surface area (TPSA) is 94.9 Å². The Morgan fingerprint density at radius 2 is 1.53 bits per heavy atom. The maximum atomic E-state index is 13.1. The average molecular weight is 399 g/mol. The summed E-state index contributed by atoms with van der Waals surface area (Å²) in [4.78, 5) is 40.6. The van der Waals surface area contributed by atoms with Crippen molar-refractivity contribution in [3.8, 4) is 11.5 Å². The lowest BCUT2D eigenvalue weighted by Crippen LogP contribution is -2.36. The van der Waals surface area contributed by atoms with Crippen LogP contribution in [0.1, 0.15) is 53.3 Å². The fraction of sp³-hybridized carbons (Fsp3) is 0.125. The van der Waals surface area contributed by atoms with E-state index >= 15 is 0 Å². The van der Waals surface area contributed by atoms with Crippen LogP contribution in [0.25, 0.3) is 0 Å². The van der Waals surface area contributed by atoms with Crippen LogP contribution >= 0.6 is 0 Å². The summed E-state index contributed by atoms with van der Waals surface area (Å²) in [6.07, 6.45) is 0.725. The van der Waals surface area contributed by atoms with Gasteiger partial charge in [0.15, 0.2) is 5.78 Å². The first-order chi connectivity index (χ1) is 14.5. The van der Waals surface area contributed by atoms with Crippen LogP contribution < -0.4 is 0 Å². The molecular weight excluding hydrogens is 382 g/mol. The van der Waals surface area contributed by atoms with Crippen molar-refractivity contribution in [3.05, 3.63) is 93.5 Å². The molecule has 0 spiro atoms. The van der Waals surface area contributed by atoms with E-state index in [2.05, 4.69) is 0 Å². The van der Waals surface area contributed by atoms with Gasteiger partial charge >= 0.3 is 0 Å². The van der Waals surface area contributed by atoms with Crippen molar-refractivity contribution in [2.45, 2.75) is 13.0 Å². The molecule has 1 aliphatic carbocycles. The first kappa shape index (κ1) is 18.1. The van der Waals surface area contributed by atoms with Crippen LogP contribution in [0.3, 0.4) is 0 Å². The zero-order chi connectivity index (χ0) is 21.0. The Kier molecular flexibility index (Phi) is 3.96. The van der Waals surface area contributed by atoms with Gasteiger partial charge < -0.3 is 15.1 Å². The Balaban J connectivity index is 1.55. The van der Waals surface area contributed by atoms with E-state index in [0.29, 0.717) is 13.1 Å². The molecule has 6 nitrogen and oxygen atoms in total. The van der Waals surface area contributed by atoms with Crippen LogP contribution in [-0.2, 0) is 13.0 Å². The monoisotopic (exact) mass is 399 g/mol. The van der Waals surface area contributed by atoms with E-state index in [1.807, 2.05) is 24.3 Å². The molecule has 2 N–H and O–H groups in total. The van der Waals surface area contributed by atoms with Gasteiger partial charge in [0.05, 0.1) is 11.1 Å². The lowest BCUT2D eigenvalue weighted by molar-refractivity contribution is 0.0733. The molecule has 0 radical (unpaired) electrons. The van der Waals surface area contributed by atoms with Crippen molar-refractivity contribution < 1.29 is 24.6 Å². The minimum absolute atomic E-state index is 0.0288. The van der Waals surface area contributed by atoms with Gasteiger partial charge in [-0.25, -0.2) is 0 Å². The Morgan fingerprint density at radius 1 is 0.800 bits per heavy atom. The highest BCUT2D eigenvalue weighted by Gasteiger charge is 2.35. The maximum absolute atomic E-state index is 13.1. The molecule has 1 aliphatic heterocycles. The Morgan fingerprint density at radius 3 is 2.33 bits per heavy atom. The van der Waals surface area contributed by atoms with Crippen molar-refractivity contribution in [1.82, 2.24) is 4.90 Å². The van der Waals surface area contributed by atoms with Gasteiger partial charge in [-0.15, -0.1) is 0 Å². The third-order valence-electron chi connectivity index (χ3n) is 5.77. The molecule has 0 aromatic heterocycles. The molecule has 3 aromatic carbocycles. The molecule has 30 heavy (non-hydrogen) atoms.